The van der Waals surface area contributed by atoms with E-state index in [2.05, 4.69) is 0 Å². The fraction of sp³-hybridized carbons (Fsp3) is 1.00. The van der Waals surface area contributed by atoms with Crippen molar-refractivity contribution in [1.82, 2.24) is 8.61 Å². The Balaban J connectivity index is 2.78. The summed E-state index contributed by atoms with van der Waals surface area (Å²) in [5.41, 5.74) is 5.52. The molecule has 0 radical (unpaired) electrons. The molecule has 0 saturated carbocycles. The van der Waals surface area contributed by atoms with Crippen LogP contribution in [0.4, 0.5) is 13.2 Å². The van der Waals surface area contributed by atoms with Gasteiger partial charge in [0, 0.05) is 19.6 Å². The van der Waals surface area contributed by atoms with Crippen molar-refractivity contribution in [2.45, 2.75) is 32.4 Å². The predicted molar refractivity (Wildman–Crippen MR) is 70.2 cm³/mol. The molecule has 0 aliphatic carbocycles. The highest BCUT2D eigenvalue weighted by Crippen LogP contribution is 2.24. The Morgan fingerprint density at radius 1 is 1.30 bits per heavy atom. The molecule has 1 fully saturated rings. The quantitative estimate of drug-likeness (QED) is 0.800. The molecular weight excluding hydrogens is 295 g/mol. The van der Waals surface area contributed by atoms with Crippen LogP contribution in [-0.2, 0) is 10.2 Å². The molecule has 0 aromatic carbocycles. The molecule has 5 nitrogen and oxygen atoms in total. The van der Waals surface area contributed by atoms with E-state index in [4.69, 9.17) is 5.73 Å². The standard InChI is InChI=1S/C11H22F3N3O2S/c1-2-5-17(9-11(12,13)14)20(18,19)16-6-3-10(8-15)4-7-16/h10H,2-9,15H2,1H3. The molecule has 0 bridgehead atoms. The topological polar surface area (TPSA) is 66.6 Å². The molecule has 0 aromatic rings. The van der Waals surface area contributed by atoms with Gasteiger partial charge in [0.05, 0.1) is 0 Å². The van der Waals surface area contributed by atoms with Gasteiger partial charge in [0.25, 0.3) is 10.2 Å². The van der Waals surface area contributed by atoms with E-state index in [1.54, 1.807) is 6.92 Å². The lowest BCUT2D eigenvalue weighted by Gasteiger charge is -2.34. The first-order valence-electron chi connectivity index (χ1n) is 6.72. The van der Waals surface area contributed by atoms with Crippen LogP contribution in [0.2, 0.25) is 0 Å². The summed E-state index contributed by atoms with van der Waals surface area (Å²) < 4.78 is 63.7. The van der Waals surface area contributed by atoms with Crippen LogP contribution >= 0.6 is 0 Å². The van der Waals surface area contributed by atoms with Crippen molar-refractivity contribution < 1.29 is 21.6 Å². The zero-order valence-electron chi connectivity index (χ0n) is 11.6. The minimum atomic E-state index is -4.53. The SMILES string of the molecule is CCCN(CC(F)(F)F)S(=O)(=O)N1CCC(CN)CC1. The molecule has 1 rings (SSSR count). The maximum Gasteiger partial charge on any atom is 0.402 e. The summed E-state index contributed by atoms with van der Waals surface area (Å²) in [4.78, 5) is 0. The minimum absolute atomic E-state index is 0.126. The Morgan fingerprint density at radius 2 is 1.85 bits per heavy atom. The maximum absolute atomic E-state index is 12.5. The molecule has 2 N–H and O–H groups in total. The summed E-state index contributed by atoms with van der Waals surface area (Å²) in [6.45, 7) is 1.05. The summed E-state index contributed by atoms with van der Waals surface area (Å²) in [6.07, 6.45) is -2.99. The van der Waals surface area contributed by atoms with Crippen LogP contribution in [0.1, 0.15) is 26.2 Å². The Kier molecular flexibility index (Phi) is 6.24. The highest BCUT2D eigenvalue weighted by Gasteiger charge is 2.39. The Morgan fingerprint density at radius 3 is 2.25 bits per heavy atom. The van der Waals surface area contributed by atoms with E-state index in [0.29, 0.717) is 30.1 Å². The van der Waals surface area contributed by atoms with Gasteiger partial charge in [0.15, 0.2) is 0 Å². The van der Waals surface area contributed by atoms with Crippen molar-refractivity contribution in [2.75, 3.05) is 32.7 Å². The zero-order chi connectivity index (χ0) is 15.4. The third kappa shape index (κ3) is 4.87. The van der Waals surface area contributed by atoms with Crippen molar-refractivity contribution in [3.05, 3.63) is 0 Å². The van der Waals surface area contributed by atoms with Crippen molar-refractivity contribution in [1.29, 1.82) is 0 Å². The molecule has 1 aliphatic rings. The number of halogens is 3. The number of nitrogens with zero attached hydrogens (tertiary/aromatic N) is 2. The van der Waals surface area contributed by atoms with Crippen LogP contribution in [-0.4, -0.2) is 55.9 Å². The first-order valence-corrected chi connectivity index (χ1v) is 8.12. The lowest BCUT2D eigenvalue weighted by atomic mass is 9.99. The summed E-state index contributed by atoms with van der Waals surface area (Å²) >= 11 is 0. The first-order chi connectivity index (χ1) is 9.20. The van der Waals surface area contributed by atoms with E-state index in [1.165, 1.54) is 0 Å². The van der Waals surface area contributed by atoms with Gasteiger partial charge >= 0.3 is 6.18 Å². The van der Waals surface area contributed by atoms with Crippen LogP contribution in [0.25, 0.3) is 0 Å². The van der Waals surface area contributed by atoms with E-state index in [1.807, 2.05) is 0 Å². The highest BCUT2D eigenvalue weighted by atomic mass is 32.2. The van der Waals surface area contributed by atoms with Gasteiger partial charge in [-0.05, 0) is 31.7 Å². The van der Waals surface area contributed by atoms with E-state index in [9.17, 15) is 21.6 Å². The van der Waals surface area contributed by atoms with E-state index in [-0.39, 0.29) is 25.6 Å². The van der Waals surface area contributed by atoms with Crippen LogP contribution in [0.3, 0.4) is 0 Å². The number of hydrogen-bond acceptors (Lipinski definition) is 3. The van der Waals surface area contributed by atoms with Crippen molar-refractivity contribution in [3.8, 4) is 0 Å². The molecule has 0 amide bonds. The monoisotopic (exact) mass is 317 g/mol. The lowest BCUT2D eigenvalue weighted by molar-refractivity contribution is -0.136. The second-order valence-electron chi connectivity index (χ2n) is 5.03. The molecule has 9 heteroatoms. The summed E-state index contributed by atoms with van der Waals surface area (Å²) in [5.74, 6) is 0.253. The van der Waals surface area contributed by atoms with Gasteiger partial charge < -0.3 is 5.73 Å². The third-order valence-corrected chi connectivity index (χ3v) is 5.37. The van der Waals surface area contributed by atoms with Gasteiger partial charge in [-0.2, -0.15) is 30.2 Å². The number of piperidine rings is 1. The van der Waals surface area contributed by atoms with Gasteiger partial charge in [0.1, 0.15) is 6.54 Å². The maximum atomic E-state index is 12.5. The Labute approximate surface area is 118 Å². The second kappa shape index (κ2) is 7.06. The molecule has 120 valence electrons. The largest absolute Gasteiger partial charge is 0.402 e. The third-order valence-electron chi connectivity index (χ3n) is 3.39. The molecule has 1 saturated heterocycles. The number of alkyl halides is 3. The second-order valence-corrected chi connectivity index (χ2v) is 6.96. The highest BCUT2D eigenvalue weighted by molar-refractivity contribution is 7.86. The van der Waals surface area contributed by atoms with Gasteiger partial charge in [-0.3, -0.25) is 0 Å². The zero-order valence-corrected chi connectivity index (χ0v) is 12.4. The van der Waals surface area contributed by atoms with Gasteiger partial charge in [-0.25, -0.2) is 0 Å². The van der Waals surface area contributed by atoms with Gasteiger partial charge in [-0.15, -0.1) is 0 Å². The average Bonchev–Trinajstić information content (AvgIpc) is 2.37. The van der Waals surface area contributed by atoms with Crippen molar-refractivity contribution in [3.63, 3.8) is 0 Å². The summed E-state index contributed by atoms with van der Waals surface area (Å²) in [7, 11) is -4.05. The van der Waals surface area contributed by atoms with E-state index >= 15 is 0 Å². The molecule has 0 atom stereocenters. The predicted octanol–water partition coefficient (Wildman–Crippen LogP) is 1.18. The molecule has 0 spiro atoms. The van der Waals surface area contributed by atoms with E-state index in [0.717, 1.165) is 4.31 Å². The van der Waals surface area contributed by atoms with Crippen LogP contribution in [0, 0.1) is 5.92 Å². The smallest absolute Gasteiger partial charge is 0.330 e. The molecule has 20 heavy (non-hydrogen) atoms. The summed E-state index contributed by atoms with van der Waals surface area (Å²) in [6, 6.07) is 0. The number of rotatable bonds is 6. The summed E-state index contributed by atoms with van der Waals surface area (Å²) in [5, 5.41) is 0. The lowest BCUT2D eigenvalue weighted by Crippen LogP contribution is -2.50. The van der Waals surface area contributed by atoms with Crippen LogP contribution < -0.4 is 5.73 Å². The molecular formula is C11H22F3N3O2S. The fourth-order valence-electron chi connectivity index (χ4n) is 2.26. The van der Waals surface area contributed by atoms with Crippen LogP contribution in [0.5, 0.6) is 0 Å². The number of hydrogen-bond donors (Lipinski definition) is 1. The number of nitrogens with two attached hydrogens (primary N) is 1. The Bertz CT molecular complexity index is 392. The molecule has 0 aromatic heterocycles. The average molecular weight is 317 g/mol. The van der Waals surface area contributed by atoms with Crippen molar-refractivity contribution in [2.24, 2.45) is 11.7 Å². The van der Waals surface area contributed by atoms with Gasteiger partial charge in [-0.1, -0.05) is 6.92 Å². The molecule has 0 unspecified atom stereocenters. The minimum Gasteiger partial charge on any atom is -0.330 e. The van der Waals surface area contributed by atoms with E-state index < -0.39 is 22.9 Å². The molecule has 1 aliphatic heterocycles. The fourth-order valence-corrected chi connectivity index (χ4v) is 3.99. The first kappa shape index (κ1) is 17.7. The Hall–Kier alpha value is -0.380. The molecule has 1 heterocycles. The van der Waals surface area contributed by atoms with Crippen LogP contribution in [0.15, 0.2) is 0 Å². The van der Waals surface area contributed by atoms with Crippen molar-refractivity contribution >= 4 is 10.2 Å². The van der Waals surface area contributed by atoms with Gasteiger partial charge in [0.2, 0.25) is 0 Å². The normalized spacial score (nSPS) is 19.7.